The second-order valence-electron chi connectivity index (χ2n) is 3.36. The number of methoxy groups -OCH3 is 1. The Labute approximate surface area is 118 Å². The minimum Gasteiger partial charge on any atom is -0.333 e. The third-order valence-electron chi connectivity index (χ3n) is 1.69. The molecule has 3 nitrogen and oxygen atoms in total. The van der Waals surface area contributed by atoms with Crippen LogP contribution in [0.15, 0.2) is 36.3 Å². The molecule has 0 spiro atoms. The van der Waals surface area contributed by atoms with E-state index in [0.29, 0.717) is 6.61 Å². The Balaban J connectivity index is 0.000000873. The van der Waals surface area contributed by atoms with Gasteiger partial charge in [0.25, 0.3) is 6.48 Å². The van der Waals surface area contributed by atoms with Crippen LogP contribution >= 0.6 is 21.6 Å². The molecule has 1 fully saturated rings. The maximum Gasteiger partial charge on any atom is 0.271 e. The van der Waals surface area contributed by atoms with Crippen LogP contribution in [0.2, 0.25) is 0 Å². The molecule has 104 valence electrons. The standard InChI is InChI=1S/C10H16O3S2.C3H6/c1-4-5-8(2)15-14-7-9-6-12-10(11-3)13-9;1-3-2/h4-5,9-10H,2,6-7H2,1,3H3;3H,1H2,2H3/b5-4-;. The summed E-state index contributed by atoms with van der Waals surface area (Å²) in [6, 6.07) is 0. The molecule has 2 unspecified atom stereocenters. The van der Waals surface area contributed by atoms with Gasteiger partial charge in [0.05, 0.1) is 12.7 Å². The van der Waals surface area contributed by atoms with Gasteiger partial charge in [-0.3, -0.25) is 0 Å². The van der Waals surface area contributed by atoms with E-state index in [-0.39, 0.29) is 6.10 Å². The van der Waals surface area contributed by atoms with Gasteiger partial charge in [-0.1, -0.05) is 46.4 Å². The molecule has 0 radical (unpaired) electrons. The van der Waals surface area contributed by atoms with Crippen molar-refractivity contribution in [1.82, 2.24) is 0 Å². The molecule has 0 N–H and O–H groups in total. The second kappa shape index (κ2) is 11.9. The van der Waals surface area contributed by atoms with Crippen LogP contribution in [0.5, 0.6) is 0 Å². The van der Waals surface area contributed by atoms with Gasteiger partial charge in [0.15, 0.2) is 0 Å². The van der Waals surface area contributed by atoms with Crippen molar-refractivity contribution in [3.8, 4) is 0 Å². The molecule has 1 saturated heterocycles. The van der Waals surface area contributed by atoms with Gasteiger partial charge in [-0.15, -0.1) is 6.58 Å². The summed E-state index contributed by atoms with van der Waals surface area (Å²) < 4.78 is 15.6. The number of ether oxygens (including phenoxy) is 3. The third kappa shape index (κ3) is 8.83. The van der Waals surface area contributed by atoms with E-state index in [0.717, 1.165) is 10.7 Å². The summed E-state index contributed by atoms with van der Waals surface area (Å²) in [7, 11) is 4.94. The highest BCUT2D eigenvalue weighted by Crippen LogP contribution is 2.31. The van der Waals surface area contributed by atoms with Crippen LogP contribution in [0.1, 0.15) is 13.8 Å². The smallest absolute Gasteiger partial charge is 0.271 e. The summed E-state index contributed by atoms with van der Waals surface area (Å²) in [6.45, 7) is 11.2. The minimum absolute atomic E-state index is 0.117. The summed E-state index contributed by atoms with van der Waals surface area (Å²) in [5.41, 5.74) is 0. The van der Waals surface area contributed by atoms with Crippen LogP contribution in [-0.2, 0) is 14.2 Å². The lowest BCUT2D eigenvalue weighted by atomic mass is 10.4. The van der Waals surface area contributed by atoms with Gasteiger partial charge < -0.3 is 14.2 Å². The van der Waals surface area contributed by atoms with Crippen molar-refractivity contribution in [2.75, 3.05) is 19.5 Å². The Morgan fingerprint density at radius 1 is 1.50 bits per heavy atom. The van der Waals surface area contributed by atoms with E-state index in [1.807, 2.05) is 26.0 Å². The van der Waals surface area contributed by atoms with E-state index in [4.69, 9.17) is 14.2 Å². The molecular weight excluding hydrogens is 268 g/mol. The normalized spacial score (nSPS) is 22.6. The fourth-order valence-electron chi connectivity index (χ4n) is 1.03. The first-order chi connectivity index (χ1) is 8.67. The Kier molecular flexibility index (Phi) is 11.7. The van der Waals surface area contributed by atoms with Gasteiger partial charge in [0, 0.05) is 17.8 Å². The zero-order valence-corrected chi connectivity index (χ0v) is 12.9. The first kappa shape index (κ1) is 17.8. The lowest BCUT2D eigenvalue weighted by molar-refractivity contribution is -0.221. The maximum atomic E-state index is 5.43. The fraction of sp³-hybridized carbons (Fsp3) is 0.538. The zero-order chi connectivity index (χ0) is 13.8. The van der Waals surface area contributed by atoms with E-state index < -0.39 is 6.48 Å². The average Bonchev–Trinajstić information content (AvgIpc) is 2.78. The van der Waals surface area contributed by atoms with Gasteiger partial charge in [0.2, 0.25) is 0 Å². The van der Waals surface area contributed by atoms with Crippen molar-refractivity contribution < 1.29 is 14.2 Å². The molecule has 0 aromatic heterocycles. The Morgan fingerprint density at radius 3 is 2.67 bits per heavy atom. The van der Waals surface area contributed by atoms with Crippen molar-refractivity contribution >= 4 is 21.6 Å². The van der Waals surface area contributed by atoms with E-state index in [2.05, 4.69) is 13.2 Å². The Bertz CT molecular complexity index is 267. The van der Waals surface area contributed by atoms with Crippen molar-refractivity contribution in [2.24, 2.45) is 0 Å². The summed E-state index contributed by atoms with van der Waals surface area (Å²) in [6.07, 6.45) is 5.83. The summed E-state index contributed by atoms with van der Waals surface area (Å²) in [5.74, 6) is 0.876. The highest BCUT2D eigenvalue weighted by Gasteiger charge is 2.25. The molecule has 0 amide bonds. The minimum atomic E-state index is -0.487. The van der Waals surface area contributed by atoms with Crippen LogP contribution in [0.4, 0.5) is 0 Å². The predicted octanol–water partition coefficient (Wildman–Crippen LogP) is 4.00. The topological polar surface area (TPSA) is 27.7 Å². The lowest BCUT2D eigenvalue weighted by Crippen LogP contribution is -2.15. The van der Waals surface area contributed by atoms with Crippen LogP contribution < -0.4 is 0 Å². The van der Waals surface area contributed by atoms with Gasteiger partial charge >= 0.3 is 0 Å². The van der Waals surface area contributed by atoms with Crippen molar-refractivity contribution in [1.29, 1.82) is 0 Å². The molecule has 1 aliphatic rings. The number of hydrogen-bond acceptors (Lipinski definition) is 5. The van der Waals surface area contributed by atoms with Gasteiger partial charge in [0.1, 0.15) is 0 Å². The van der Waals surface area contributed by atoms with Gasteiger partial charge in [-0.25, -0.2) is 0 Å². The maximum absolute atomic E-state index is 5.43. The van der Waals surface area contributed by atoms with Crippen LogP contribution in [0, 0.1) is 0 Å². The van der Waals surface area contributed by atoms with Crippen LogP contribution in [0.25, 0.3) is 0 Å². The number of rotatable bonds is 6. The first-order valence-electron chi connectivity index (χ1n) is 5.65. The molecule has 5 heteroatoms. The molecule has 1 rings (SSSR count). The molecular formula is C13H22O3S2. The Morgan fingerprint density at radius 2 is 2.17 bits per heavy atom. The SMILES string of the molecule is C=C(/C=C\C)SSCC1COC(OC)O1.C=CC. The quantitative estimate of drug-likeness (QED) is 0.419. The predicted molar refractivity (Wildman–Crippen MR) is 81.5 cm³/mol. The van der Waals surface area contributed by atoms with Crippen molar-refractivity contribution in [2.45, 2.75) is 26.4 Å². The van der Waals surface area contributed by atoms with Gasteiger partial charge in [-0.05, 0) is 13.8 Å². The molecule has 0 bridgehead atoms. The number of allylic oxidation sites excluding steroid dienone is 3. The van der Waals surface area contributed by atoms with Crippen molar-refractivity contribution in [3.63, 3.8) is 0 Å². The van der Waals surface area contributed by atoms with Crippen LogP contribution in [0.3, 0.4) is 0 Å². The zero-order valence-electron chi connectivity index (χ0n) is 11.3. The van der Waals surface area contributed by atoms with E-state index >= 15 is 0 Å². The second-order valence-corrected chi connectivity index (χ2v) is 5.83. The lowest BCUT2D eigenvalue weighted by Gasteiger charge is -2.08. The van der Waals surface area contributed by atoms with Gasteiger partial charge in [-0.2, -0.15) is 0 Å². The highest BCUT2D eigenvalue weighted by molar-refractivity contribution is 8.78. The third-order valence-corrected chi connectivity index (χ3v) is 4.07. The molecule has 1 aliphatic heterocycles. The van der Waals surface area contributed by atoms with Crippen molar-refractivity contribution in [3.05, 3.63) is 36.3 Å². The summed E-state index contributed by atoms with van der Waals surface area (Å²) >= 11 is 0. The molecule has 0 aromatic rings. The largest absolute Gasteiger partial charge is 0.333 e. The Hall–Kier alpha value is -0.200. The first-order valence-corrected chi connectivity index (χ1v) is 7.97. The van der Waals surface area contributed by atoms with E-state index in [1.165, 1.54) is 0 Å². The summed E-state index contributed by atoms with van der Waals surface area (Å²) in [5, 5.41) is 0. The van der Waals surface area contributed by atoms with E-state index in [9.17, 15) is 0 Å². The summed E-state index contributed by atoms with van der Waals surface area (Å²) in [4.78, 5) is 1.05. The highest BCUT2D eigenvalue weighted by atomic mass is 33.1. The molecule has 0 aromatic carbocycles. The van der Waals surface area contributed by atoms with E-state index in [1.54, 1.807) is 34.8 Å². The fourth-order valence-corrected chi connectivity index (χ4v) is 3.05. The van der Waals surface area contributed by atoms with Crippen LogP contribution in [-0.4, -0.2) is 32.0 Å². The number of hydrogen-bond donors (Lipinski definition) is 0. The molecule has 0 saturated carbocycles. The molecule has 1 heterocycles. The molecule has 2 atom stereocenters. The molecule has 18 heavy (non-hydrogen) atoms. The monoisotopic (exact) mass is 290 g/mol. The average molecular weight is 290 g/mol. The molecule has 0 aliphatic carbocycles.